The van der Waals surface area contributed by atoms with Gasteiger partial charge in [-0.1, -0.05) is 45.5 Å². The molecule has 0 amide bonds. The van der Waals surface area contributed by atoms with Gasteiger partial charge in [-0.2, -0.15) is 0 Å². The van der Waals surface area contributed by atoms with Crippen LogP contribution in [-0.2, 0) is 0 Å². The van der Waals surface area contributed by atoms with Crippen LogP contribution in [0.2, 0.25) is 10.0 Å². The molecule has 0 spiro atoms. The molecule has 0 aliphatic carbocycles. The standard InChI is InChI=1S/C23H22Cl2N6O3/c1-4-5-9-29-10-8-15(13-29)30-12-14(21-22(26)27-28-23(32)31(21)30)6-7-16-19(24)17(33-2)11-18(34-3)20(16)25/h11-12,15H,8-10,13,26H2,1-3H3/p+1/t15-/m0/s1. The summed E-state index contributed by atoms with van der Waals surface area (Å²) in [5.41, 5.74) is 7.46. The molecule has 1 saturated heterocycles. The van der Waals surface area contributed by atoms with E-state index in [1.54, 1.807) is 6.07 Å². The van der Waals surface area contributed by atoms with E-state index in [1.807, 2.05) is 17.8 Å². The molecular formula is C23H23Cl2N6O3+. The Hall–Kier alpha value is -3.37. The van der Waals surface area contributed by atoms with Gasteiger partial charge in [-0.3, -0.25) is 4.90 Å². The third-order valence-corrected chi connectivity index (χ3v) is 6.39. The second kappa shape index (κ2) is 9.86. The molecule has 3 heterocycles. The minimum absolute atomic E-state index is 0.0558. The fraction of sp³-hybridized carbons (Fsp3) is 0.348. The number of rotatable bonds is 4. The minimum atomic E-state index is -0.289. The second-order valence-electron chi connectivity index (χ2n) is 7.61. The molecule has 0 bridgehead atoms. The van der Waals surface area contributed by atoms with Gasteiger partial charge in [-0.25, -0.2) is 4.68 Å². The molecule has 1 aliphatic rings. The van der Waals surface area contributed by atoms with Gasteiger partial charge in [0.05, 0.1) is 54.2 Å². The molecular weight excluding hydrogens is 479 g/mol. The molecule has 0 unspecified atom stereocenters. The van der Waals surface area contributed by atoms with E-state index in [-0.39, 0.29) is 27.9 Å². The highest BCUT2D eigenvalue weighted by Gasteiger charge is 2.31. The van der Waals surface area contributed by atoms with Crippen LogP contribution in [0.5, 0.6) is 17.5 Å². The number of nitrogens with two attached hydrogens (primary N) is 1. The number of anilines is 1. The fourth-order valence-electron chi connectivity index (χ4n) is 3.97. The molecule has 0 saturated carbocycles. The maximum absolute atomic E-state index is 10.5. The Morgan fingerprint density at radius 3 is 2.56 bits per heavy atom. The van der Waals surface area contributed by atoms with Gasteiger partial charge in [0, 0.05) is 19.2 Å². The summed E-state index contributed by atoms with van der Waals surface area (Å²) < 4.78 is 14.0. The first-order valence-corrected chi connectivity index (χ1v) is 11.2. The summed E-state index contributed by atoms with van der Waals surface area (Å²) in [7, 11) is 2.99. The van der Waals surface area contributed by atoms with Crippen LogP contribution in [0.3, 0.4) is 0 Å². The van der Waals surface area contributed by atoms with Crippen molar-refractivity contribution in [1.82, 2.24) is 19.8 Å². The van der Waals surface area contributed by atoms with Crippen LogP contribution in [0.25, 0.3) is 5.52 Å². The zero-order chi connectivity index (χ0) is 24.4. The molecule has 1 atom stereocenters. The SMILES string of the molecule is CC#CCN1CC[C@H](n2cc(C#Cc3c(Cl)c(OC)cc(OC)c3Cl)c3c(N)nnc(O)[n+]32)C1. The van der Waals surface area contributed by atoms with Crippen LogP contribution < -0.4 is 19.7 Å². The van der Waals surface area contributed by atoms with Gasteiger partial charge >= 0.3 is 6.01 Å². The van der Waals surface area contributed by atoms with Crippen LogP contribution in [0.15, 0.2) is 12.3 Å². The number of halogens is 2. The van der Waals surface area contributed by atoms with Gasteiger partial charge < -0.3 is 20.3 Å². The van der Waals surface area contributed by atoms with Crippen LogP contribution in [0, 0.1) is 23.7 Å². The number of benzene rings is 1. The predicted molar refractivity (Wildman–Crippen MR) is 128 cm³/mol. The van der Waals surface area contributed by atoms with Gasteiger partial charge in [-0.05, 0) is 18.4 Å². The van der Waals surface area contributed by atoms with Gasteiger partial charge in [0.1, 0.15) is 16.6 Å². The van der Waals surface area contributed by atoms with Crippen LogP contribution in [0.1, 0.15) is 30.5 Å². The summed E-state index contributed by atoms with van der Waals surface area (Å²) in [5.74, 6) is 13.0. The van der Waals surface area contributed by atoms with Crippen molar-refractivity contribution >= 4 is 34.5 Å². The molecule has 3 N–H and O–H groups in total. The molecule has 9 nitrogen and oxygen atoms in total. The predicted octanol–water partition coefficient (Wildman–Crippen LogP) is 2.30. The molecule has 1 aromatic carbocycles. The number of aromatic nitrogens is 4. The van der Waals surface area contributed by atoms with Crippen LogP contribution in [-0.4, -0.2) is 58.7 Å². The average molecular weight is 502 g/mol. The first kappa shape index (κ1) is 23.8. The number of aromatic hydroxyl groups is 1. The lowest BCUT2D eigenvalue weighted by Gasteiger charge is -2.12. The van der Waals surface area contributed by atoms with E-state index < -0.39 is 0 Å². The number of fused-ring (bicyclic) bond motifs is 1. The number of nitrogens with zero attached hydrogens (tertiary/aromatic N) is 5. The molecule has 3 aromatic rings. The normalized spacial score (nSPS) is 15.5. The highest BCUT2D eigenvalue weighted by molar-refractivity contribution is 6.38. The smallest absolute Gasteiger partial charge is 0.495 e. The van der Waals surface area contributed by atoms with E-state index in [2.05, 4.69) is 38.8 Å². The lowest BCUT2D eigenvalue weighted by molar-refractivity contribution is -0.624. The third-order valence-electron chi connectivity index (χ3n) is 5.64. The number of nitrogen functional groups attached to an aromatic ring is 1. The van der Waals surface area contributed by atoms with E-state index in [1.165, 1.54) is 18.7 Å². The maximum atomic E-state index is 10.5. The summed E-state index contributed by atoms with van der Waals surface area (Å²) in [6.07, 6.45) is 2.68. The Morgan fingerprint density at radius 1 is 1.21 bits per heavy atom. The minimum Gasteiger partial charge on any atom is -0.495 e. The highest BCUT2D eigenvalue weighted by Crippen LogP contribution is 2.39. The van der Waals surface area contributed by atoms with Gasteiger partial charge in [-0.15, -0.1) is 5.92 Å². The van der Waals surface area contributed by atoms with Crippen molar-refractivity contribution in [1.29, 1.82) is 0 Å². The first-order valence-electron chi connectivity index (χ1n) is 10.4. The molecule has 1 fully saturated rings. The maximum Gasteiger partial charge on any atom is 0.545 e. The summed E-state index contributed by atoms with van der Waals surface area (Å²) in [4.78, 5) is 2.25. The molecule has 4 rings (SSSR count). The molecule has 0 radical (unpaired) electrons. The average Bonchev–Trinajstić information content (AvgIpc) is 3.45. The van der Waals surface area contributed by atoms with E-state index in [0.717, 1.165) is 19.5 Å². The largest absolute Gasteiger partial charge is 0.545 e. The summed E-state index contributed by atoms with van der Waals surface area (Å²) in [6.45, 7) is 4.14. The third kappa shape index (κ3) is 4.26. The lowest BCUT2D eigenvalue weighted by atomic mass is 10.1. The van der Waals surface area contributed by atoms with E-state index in [0.29, 0.717) is 34.7 Å². The van der Waals surface area contributed by atoms with Crippen LogP contribution in [0.4, 0.5) is 5.82 Å². The summed E-state index contributed by atoms with van der Waals surface area (Å²) in [5, 5.41) is 18.7. The molecule has 11 heteroatoms. The summed E-state index contributed by atoms with van der Waals surface area (Å²) in [6, 6.07) is 1.36. The van der Waals surface area contributed by atoms with Crippen LogP contribution >= 0.6 is 23.2 Å². The van der Waals surface area contributed by atoms with Crippen molar-refractivity contribution in [2.24, 2.45) is 0 Å². The van der Waals surface area contributed by atoms with E-state index >= 15 is 0 Å². The van der Waals surface area contributed by atoms with Gasteiger partial charge in [0.15, 0.2) is 0 Å². The Balaban J connectivity index is 1.83. The Kier molecular flexibility index (Phi) is 6.90. The lowest BCUT2D eigenvalue weighted by Crippen LogP contribution is -2.38. The topological polar surface area (TPSA) is 103 Å². The quantitative estimate of drug-likeness (QED) is 0.417. The zero-order valence-corrected chi connectivity index (χ0v) is 20.4. The first-order chi connectivity index (χ1) is 16.4. The Morgan fingerprint density at radius 2 is 1.91 bits per heavy atom. The van der Waals surface area contributed by atoms with Crippen molar-refractivity contribution in [2.45, 2.75) is 19.4 Å². The second-order valence-corrected chi connectivity index (χ2v) is 8.36. The number of methoxy groups -OCH3 is 2. The van der Waals surface area contributed by atoms with Gasteiger partial charge in [0.25, 0.3) is 0 Å². The van der Waals surface area contributed by atoms with Crippen molar-refractivity contribution in [3.05, 3.63) is 33.4 Å². The fourth-order valence-corrected chi connectivity index (χ4v) is 4.56. The van der Waals surface area contributed by atoms with Gasteiger partial charge in [0.2, 0.25) is 11.3 Å². The monoisotopic (exact) mass is 501 g/mol. The van der Waals surface area contributed by atoms with Crippen molar-refractivity contribution in [2.75, 3.05) is 39.6 Å². The van der Waals surface area contributed by atoms with Crippen molar-refractivity contribution in [3.63, 3.8) is 0 Å². The summed E-state index contributed by atoms with van der Waals surface area (Å²) >= 11 is 12.9. The molecule has 176 valence electrons. The highest BCUT2D eigenvalue weighted by atomic mass is 35.5. The number of ether oxygens (including phenoxy) is 2. The number of likely N-dealkylation sites (tertiary alicyclic amines) is 1. The number of hydrogen-bond acceptors (Lipinski definition) is 7. The van der Waals surface area contributed by atoms with Crippen molar-refractivity contribution in [3.8, 4) is 41.2 Å². The molecule has 34 heavy (non-hydrogen) atoms. The number of hydrogen-bond donors (Lipinski definition) is 2. The zero-order valence-electron chi connectivity index (χ0n) is 18.9. The van der Waals surface area contributed by atoms with Crippen molar-refractivity contribution < 1.29 is 19.1 Å². The Labute approximate surface area is 207 Å². The Bertz CT molecular complexity index is 1350. The molecule has 2 aromatic heterocycles. The van der Waals surface area contributed by atoms with E-state index in [9.17, 15) is 5.11 Å². The molecule has 1 aliphatic heterocycles. The van der Waals surface area contributed by atoms with E-state index in [4.69, 9.17) is 38.4 Å².